The highest BCUT2D eigenvalue weighted by molar-refractivity contribution is 5.87. The number of ether oxygens (including phenoxy) is 1. The van der Waals surface area contributed by atoms with Crippen molar-refractivity contribution in [1.82, 2.24) is 4.98 Å². The lowest BCUT2D eigenvalue weighted by Gasteiger charge is -2.11. The Morgan fingerprint density at radius 3 is 2.50 bits per heavy atom. The van der Waals surface area contributed by atoms with E-state index in [2.05, 4.69) is 61.3 Å². The first-order valence-corrected chi connectivity index (χ1v) is 6.95. The monoisotopic (exact) mass is 265 g/mol. The quantitative estimate of drug-likeness (QED) is 0.710. The lowest BCUT2D eigenvalue weighted by Crippen LogP contribution is -1.92. The van der Waals surface area contributed by atoms with Gasteiger partial charge in [-0.05, 0) is 35.7 Å². The average Bonchev–Trinajstić information content (AvgIpc) is 2.90. The maximum atomic E-state index is 5.51. The standard InChI is InChI=1S/C18H19NO/c1-12(2)13-8-9-18(20-3)15(10-13)17-11-14-6-4-5-7-16(14)19-17/h4-12,19H,1-3H3. The predicted molar refractivity (Wildman–Crippen MR) is 84.4 cm³/mol. The summed E-state index contributed by atoms with van der Waals surface area (Å²) in [6.07, 6.45) is 0. The van der Waals surface area contributed by atoms with Gasteiger partial charge < -0.3 is 9.72 Å². The Kier molecular flexibility index (Phi) is 3.23. The molecule has 20 heavy (non-hydrogen) atoms. The lowest BCUT2D eigenvalue weighted by atomic mass is 9.99. The number of methoxy groups -OCH3 is 1. The van der Waals surface area contributed by atoms with Gasteiger partial charge in [-0.3, -0.25) is 0 Å². The van der Waals surface area contributed by atoms with Crippen molar-refractivity contribution in [1.29, 1.82) is 0 Å². The first-order valence-electron chi connectivity index (χ1n) is 6.95. The number of hydrogen-bond donors (Lipinski definition) is 1. The van der Waals surface area contributed by atoms with Crippen LogP contribution in [0.5, 0.6) is 5.75 Å². The van der Waals surface area contributed by atoms with Crippen molar-refractivity contribution >= 4 is 10.9 Å². The molecular weight excluding hydrogens is 246 g/mol. The summed E-state index contributed by atoms with van der Waals surface area (Å²) in [6, 6.07) is 16.9. The largest absolute Gasteiger partial charge is 0.496 e. The third kappa shape index (κ3) is 2.18. The van der Waals surface area contributed by atoms with E-state index in [1.807, 2.05) is 6.07 Å². The highest BCUT2D eigenvalue weighted by atomic mass is 16.5. The highest BCUT2D eigenvalue weighted by Gasteiger charge is 2.11. The third-order valence-electron chi connectivity index (χ3n) is 3.71. The number of para-hydroxylation sites is 1. The van der Waals surface area contributed by atoms with E-state index in [1.54, 1.807) is 7.11 Å². The van der Waals surface area contributed by atoms with E-state index < -0.39 is 0 Å². The van der Waals surface area contributed by atoms with Crippen LogP contribution in [-0.2, 0) is 0 Å². The van der Waals surface area contributed by atoms with Crippen LogP contribution in [0.3, 0.4) is 0 Å². The van der Waals surface area contributed by atoms with Gasteiger partial charge in [-0.15, -0.1) is 0 Å². The molecule has 0 radical (unpaired) electrons. The number of fused-ring (bicyclic) bond motifs is 1. The number of aromatic nitrogens is 1. The Hall–Kier alpha value is -2.22. The minimum absolute atomic E-state index is 0.504. The number of H-pyrrole nitrogens is 1. The molecule has 1 aromatic heterocycles. The Morgan fingerprint density at radius 1 is 1.00 bits per heavy atom. The molecule has 1 N–H and O–H groups in total. The summed E-state index contributed by atoms with van der Waals surface area (Å²) in [7, 11) is 1.72. The van der Waals surface area contributed by atoms with Crippen molar-refractivity contribution in [3.05, 3.63) is 54.1 Å². The van der Waals surface area contributed by atoms with Crippen molar-refractivity contribution in [2.24, 2.45) is 0 Å². The van der Waals surface area contributed by atoms with Crippen molar-refractivity contribution < 1.29 is 4.74 Å². The van der Waals surface area contributed by atoms with Crippen LogP contribution in [0, 0.1) is 0 Å². The average molecular weight is 265 g/mol. The van der Waals surface area contributed by atoms with Gasteiger partial charge in [0.15, 0.2) is 0 Å². The first-order chi connectivity index (χ1) is 9.69. The van der Waals surface area contributed by atoms with Crippen LogP contribution >= 0.6 is 0 Å². The van der Waals surface area contributed by atoms with E-state index in [0.29, 0.717) is 5.92 Å². The Bertz CT molecular complexity index is 707. The van der Waals surface area contributed by atoms with E-state index in [0.717, 1.165) is 22.5 Å². The zero-order valence-electron chi connectivity index (χ0n) is 12.1. The minimum Gasteiger partial charge on any atom is -0.496 e. The molecule has 0 aliphatic heterocycles. The summed E-state index contributed by atoms with van der Waals surface area (Å²) >= 11 is 0. The molecule has 0 saturated carbocycles. The third-order valence-corrected chi connectivity index (χ3v) is 3.71. The molecule has 0 spiro atoms. The normalized spacial score (nSPS) is 11.2. The second kappa shape index (κ2) is 5.04. The van der Waals surface area contributed by atoms with Crippen molar-refractivity contribution in [2.45, 2.75) is 19.8 Å². The fourth-order valence-corrected chi connectivity index (χ4v) is 2.51. The van der Waals surface area contributed by atoms with Crippen molar-refractivity contribution in [3.63, 3.8) is 0 Å². The number of benzene rings is 2. The molecule has 0 bridgehead atoms. The molecular formula is C18H19NO. The summed E-state index contributed by atoms with van der Waals surface area (Å²) in [5.74, 6) is 1.41. The fraction of sp³-hybridized carbons (Fsp3) is 0.222. The minimum atomic E-state index is 0.504. The van der Waals surface area contributed by atoms with Gasteiger partial charge in [0, 0.05) is 16.5 Å². The van der Waals surface area contributed by atoms with E-state index in [9.17, 15) is 0 Å². The van der Waals surface area contributed by atoms with Crippen molar-refractivity contribution in [2.75, 3.05) is 7.11 Å². The molecule has 2 heteroatoms. The van der Waals surface area contributed by atoms with Gasteiger partial charge in [0.05, 0.1) is 12.8 Å². The van der Waals surface area contributed by atoms with Crippen molar-refractivity contribution in [3.8, 4) is 17.0 Å². The van der Waals surface area contributed by atoms with E-state index in [4.69, 9.17) is 4.74 Å². The zero-order chi connectivity index (χ0) is 14.1. The number of rotatable bonds is 3. The molecule has 3 rings (SSSR count). The summed E-state index contributed by atoms with van der Waals surface area (Å²) < 4.78 is 5.51. The van der Waals surface area contributed by atoms with Gasteiger partial charge in [-0.1, -0.05) is 38.1 Å². The summed E-state index contributed by atoms with van der Waals surface area (Å²) in [5.41, 5.74) is 4.69. The second-order valence-corrected chi connectivity index (χ2v) is 5.38. The van der Waals surface area contributed by atoms with Gasteiger partial charge in [0.2, 0.25) is 0 Å². The van der Waals surface area contributed by atoms with E-state index in [1.165, 1.54) is 10.9 Å². The molecule has 0 unspecified atom stereocenters. The molecule has 0 aliphatic carbocycles. The first kappa shape index (κ1) is 12.8. The van der Waals surface area contributed by atoms with Crippen LogP contribution in [0.4, 0.5) is 0 Å². The molecule has 3 aromatic rings. The van der Waals surface area contributed by atoms with Crippen LogP contribution in [-0.4, -0.2) is 12.1 Å². The molecule has 0 amide bonds. The van der Waals surface area contributed by atoms with Gasteiger partial charge >= 0.3 is 0 Å². The number of hydrogen-bond acceptors (Lipinski definition) is 1. The van der Waals surface area contributed by atoms with Crippen LogP contribution in [0.2, 0.25) is 0 Å². The summed E-state index contributed by atoms with van der Waals surface area (Å²) in [4.78, 5) is 3.47. The number of aromatic amines is 1. The van der Waals surface area contributed by atoms with Gasteiger partial charge in [-0.25, -0.2) is 0 Å². The molecule has 0 aliphatic rings. The Balaban J connectivity index is 2.18. The Morgan fingerprint density at radius 2 is 1.80 bits per heavy atom. The molecule has 2 aromatic carbocycles. The number of nitrogens with one attached hydrogen (secondary N) is 1. The molecule has 102 valence electrons. The van der Waals surface area contributed by atoms with Crippen LogP contribution < -0.4 is 4.74 Å². The van der Waals surface area contributed by atoms with Gasteiger partial charge in [0.25, 0.3) is 0 Å². The molecule has 0 saturated heterocycles. The Labute approximate surface area is 119 Å². The molecule has 2 nitrogen and oxygen atoms in total. The molecule has 0 fully saturated rings. The smallest absolute Gasteiger partial charge is 0.128 e. The van der Waals surface area contributed by atoms with E-state index >= 15 is 0 Å². The lowest BCUT2D eigenvalue weighted by molar-refractivity contribution is 0.416. The SMILES string of the molecule is COc1ccc(C(C)C)cc1-c1cc2ccccc2[nH]1. The fourth-order valence-electron chi connectivity index (χ4n) is 2.51. The van der Waals surface area contributed by atoms with Gasteiger partial charge in [-0.2, -0.15) is 0 Å². The van der Waals surface area contributed by atoms with E-state index in [-0.39, 0.29) is 0 Å². The van der Waals surface area contributed by atoms with Crippen LogP contribution in [0.15, 0.2) is 48.5 Å². The second-order valence-electron chi connectivity index (χ2n) is 5.38. The summed E-state index contributed by atoms with van der Waals surface area (Å²) in [6.45, 7) is 4.41. The zero-order valence-corrected chi connectivity index (χ0v) is 12.1. The highest BCUT2D eigenvalue weighted by Crippen LogP contribution is 2.34. The molecule has 1 heterocycles. The topological polar surface area (TPSA) is 25.0 Å². The molecule has 0 atom stereocenters. The van der Waals surface area contributed by atoms with Crippen LogP contribution in [0.25, 0.3) is 22.2 Å². The van der Waals surface area contributed by atoms with Gasteiger partial charge in [0.1, 0.15) is 5.75 Å². The maximum absolute atomic E-state index is 5.51. The maximum Gasteiger partial charge on any atom is 0.128 e. The predicted octanol–water partition coefficient (Wildman–Crippen LogP) is 4.97. The van der Waals surface area contributed by atoms with Crippen LogP contribution in [0.1, 0.15) is 25.3 Å². The summed E-state index contributed by atoms with van der Waals surface area (Å²) in [5, 5.41) is 1.22.